The van der Waals surface area contributed by atoms with Gasteiger partial charge in [-0.05, 0) is 113 Å². The highest BCUT2D eigenvalue weighted by atomic mass is 32.2. The zero-order valence-corrected chi connectivity index (χ0v) is 40.5. The van der Waals surface area contributed by atoms with Crippen LogP contribution in [0.2, 0.25) is 0 Å². The fourth-order valence-electron chi connectivity index (χ4n) is 9.43. The van der Waals surface area contributed by atoms with Gasteiger partial charge in [0.15, 0.2) is 0 Å². The van der Waals surface area contributed by atoms with Crippen LogP contribution < -0.4 is 29.7 Å². The van der Waals surface area contributed by atoms with Crippen molar-refractivity contribution in [3.63, 3.8) is 0 Å². The molecule has 2 aromatic carbocycles. The molecule has 0 spiro atoms. The molecule has 0 bridgehead atoms. The van der Waals surface area contributed by atoms with E-state index in [1.54, 1.807) is 39.2 Å². The third kappa shape index (κ3) is 10.5. The highest BCUT2D eigenvalue weighted by molar-refractivity contribution is 7.91. The van der Waals surface area contributed by atoms with Crippen molar-refractivity contribution < 1.29 is 59.7 Å². The molecule has 4 fully saturated rings. The number of halogens is 3. The SMILES string of the molecule is COc1ccc2c(O[C@@H]3C[C@H]4C(=O)N[C@]5(C(=O)NS(=O)(=O)C6(C)CC6)CC5/C=C\CC[C@@H](C)C[C@@H](C)[C@H](NC(=O)OC(C)(C)C(F)(F)F)C(=O)N4C3)nc(-c3ccc(N4CCOCC4)cc3)cc2c1. The van der Waals surface area contributed by atoms with Gasteiger partial charge < -0.3 is 39.4 Å². The number of morpholine rings is 1. The lowest BCUT2D eigenvalue weighted by Gasteiger charge is -2.34. The zero-order chi connectivity index (χ0) is 49.7. The van der Waals surface area contributed by atoms with Crippen LogP contribution >= 0.6 is 0 Å². The van der Waals surface area contributed by atoms with E-state index < -0.39 is 85.9 Å². The molecular formula is C49H61F3N6O10S. The maximum Gasteiger partial charge on any atom is 0.427 e. The number of pyridine rings is 1. The summed E-state index contributed by atoms with van der Waals surface area (Å²) in [6, 6.07) is 12.4. The smallest absolute Gasteiger partial charge is 0.427 e. The average molecular weight is 983 g/mol. The first-order valence-electron chi connectivity index (χ1n) is 23.5. The molecule has 2 aliphatic carbocycles. The van der Waals surface area contributed by atoms with Crippen LogP contribution in [-0.4, -0.2) is 122 Å². The summed E-state index contributed by atoms with van der Waals surface area (Å²) in [6.45, 7) is 9.11. The maximum absolute atomic E-state index is 15.1. The summed E-state index contributed by atoms with van der Waals surface area (Å²) in [5.41, 5.74) is -2.21. The van der Waals surface area contributed by atoms with Crippen molar-refractivity contribution in [2.45, 2.75) is 120 Å². The van der Waals surface area contributed by atoms with E-state index >= 15 is 4.79 Å². The number of carbonyl (C=O) groups is 4. The number of ether oxygens (including phenoxy) is 4. The second kappa shape index (κ2) is 18.9. The van der Waals surface area contributed by atoms with Gasteiger partial charge in [-0.3, -0.25) is 19.1 Å². The molecule has 0 radical (unpaired) electrons. The third-order valence-electron chi connectivity index (χ3n) is 14.4. The van der Waals surface area contributed by atoms with Gasteiger partial charge in [0.05, 0.1) is 37.3 Å². The van der Waals surface area contributed by atoms with Crippen LogP contribution in [0.5, 0.6) is 11.6 Å². The van der Waals surface area contributed by atoms with Crippen molar-refractivity contribution in [2.75, 3.05) is 44.9 Å². The summed E-state index contributed by atoms with van der Waals surface area (Å²) in [5.74, 6) is -3.02. The Morgan fingerprint density at radius 2 is 1.71 bits per heavy atom. The molecule has 3 aliphatic heterocycles. The Balaban J connectivity index is 1.15. The van der Waals surface area contributed by atoms with Gasteiger partial charge in [-0.1, -0.05) is 38.1 Å². The van der Waals surface area contributed by atoms with Crippen molar-refractivity contribution in [1.29, 1.82) is 0 Å². The topological polar surface area (TPSA) is 195 Å². The molecule has 20 heteroatoms. The fraction of sp³-hybridized carbons (Fsp3) is 0.571. The number of nitrogens with zero attached hydrogens (tertiary/aromatic N) is 3. The van der Waals surface area contributed by atoms with Crippen LogP contribution in [0.4, 0.5) is 23.7 Å². The number of amides is 4. The summed E-state index contributed by atoms with van der Waals surface area (Å²) in [6.07, 6.45) is -1.52. The van der Waals surface area contributed by atoms with Crippen LogP contribution in [0.25, 0.3) is 22.0 Å². The number of hydrogen-bond acceptors (Lipinski definition) is 12. The van der Waals surface area contributed by atoms with E-state index in [1.807, 2.05) is 49.4 Å². The number of carbonyl (C=O) groups excluding carboxylic acids is 4. The standard InChI is InChI=1S/C49H61F3N6O10S/c1-29-9-7-8-10-33-27-48(33,44(61)56-69(63,64)47(5)17-18-47)55-41(59)39-26-36(28-58(39)43(60)40(30(2)23-29)54-45(62)68-46(3,4)49(50,51)52)67-42-37-16-15-35(65-6)24-32(37)25-38(53-42)31-11-13-34(14-12-31)57-19-21-66-22-20-57/h8,10-16,24-25,29-30,33,36,39-40H,7,9,17-23,26-28H2,1-6H3,(H,54,62)(H,55,59)(H,56,61)/b10-8-/t29-,30-,33?,36-,39+,40+,48-/m1/s1. The van der Waals surface area contributed by atoms with Crippen LogP contribution in [0, 0.1) is 17.8 Å². The molecule has 4 heterocycles. The number of methoxy groups -OCH3 is 1. The quantitative estimate of drug-likeness (QED) is 0.189. The highest BCUT2D eigenvalue weighted by Crippen LogP contribution is 2.48. The average Bonchev–Trinajstić information content (AvgIpc) is 4.19. The van der Waals surface area contributed by atoms with Gasteiger partial charge in [0.25, 0.3) is 5.91 Å². The van der Waals surface area contributed by atoms with E-state index in [1.165, 1.54) is 4.90 Å². The lowest BCUT2D eigenvalue weighted by molar-refractivity contribution is -0.244. The summed E-state index contributed by atoms with van der Waals surface area (Å²) >= 11 is 0. The Morgan fingerprint density at radius 1 is 1.00 bits per heavy atom. The Labute approximate surface area is 400 Å². The van der Waals surface area contributed by atoms with Crippen molar-refractivity contribution in [3.05, 3.63) is 60.7 Å². The molecule has 4 amide bonds. The largest absolute Gasteiger partial charge is 0.497 e. The monoisotopic (exact) mass is 982 g/mol. The molecule has 1 unspecified atom stereocenters. The number of allylic oxidation sites excluding steroid dienone is 1. The number of aromatic nitrogens is 1. The molecule has 1 aromatic heterocycles. The van der Waals surface area contributed by atoms with Crippen LogP contribution in [-0.2, 0) is 33.9 Å². The number of rotatable bonds is 10. The van der Waals surface area contributed by atoms with Crippen molar-refractivity contribution in [1.82, 2.24) is 25.2 Å². The molecule has 2 saturated heterocycles. The summed E-state index contributed by atoms with van der Waals surface area (Å²) in [4.78, 5) is 65.8. The molecule has 3 aromatic rings. The van der Waals surface area contributed by atoms with Crippen molar-refractivity contribution in [3.8, 4) is 22.9 Å². The van der Waals surface area contributed by atoms with E-state index in [-0.39, 0.29) is 31.2 Å². The first-order chi connectivity index (χ1) is 32.5. The van der Waals surface area contributed by atoms with E-state index in [2.05, 4.69) is 20.3 Å². The van der Waals surface area contributed by atoms with E-state index in [9.17, 15) is 36.0 Å². The molecule has 5 aliphatic rings. The van der Waals surface area contributed by atoms with Gasteiger partial charge in [-0.15, -0.1) is 0 Å². The first kappa shape index (κ1) is 49.8. The molecule has 3 N–H and O–H groups in total. The lowest BCUT2D eigenvalue weighted by Crippen LogP contribution is -2.59. The Hall–Kier alpha value is -5.63. The van der Waals surface area contributed by atoms with Crippen LogP contribution in [0.15, 0.2) is 60.7 Å². The normalized spacial score (nSPS) is 28.0. The number of nitrogens with one attached hydrogen (secondary N) is 3. The lowest BCUT2D eigenvalue weighted by atomic mass is 9.88. The summed E-state index contributed by atoms with van der Waals surface area (Å²) in [7, 11) is -2.56. The first-order valence-corrected chi connectivity index (χ1v) is 25.0. The van der Waals surface area contributed by atoms with E-state index in [4.69, 9.17) is 23.9 Å². The minimum Gasteiger partial charge on any atom is -0.497 e. The predicted molar refractivity (Wildman–Crippen MR) is 250 cm³/mol. The minimum absolute atomic E-state index is 0.0581. The van der Waals surface area contributed by atoms with Gasteiger partial charge in [-0.25, -0.2) is 18.2 Å². The van der Waals surface area contributed by atoms with Gasteiger partial charge in [0, 0.05) is 42.1 Å². The second-order valence-electron chi connectivity index (χ2n) is 20.0. The van der Waals surface area contributed by atoms with Gasteiger partial charge in [0.2, 0.25) is 33.3 Å². The van der Waals surface area contributed by atoms with Crippen molar-refractivity contribution >= 4 is 50.3 Å². The molecule has 374 valence electrons. The van der Waals surface area contributed by atoms with Gasteiger partial charge in [0.1, 0.15) is 29.5 Å². The molecule has 2 saturated carbocycles. The Bertz CT molecular complexity index is 2600. The zero-order valence-electron chi connectivity index (χ0n) is 39.7. The number of hydrogen-bond donors (Lipinski definition) is 3. The second-order valence-corrected chi connectivity index (χ2v) is 22.2. The molecule has 69 heavy (non-hydrogen) atoms. The van der Waals surface area contributed by atoms with Crippen molar-refractivity contribution in [2.24, 2.45) is 17.8 Å². The van der Waals surface area contributed by atoms with Gasteiger partial charge >= 0.3 is 12.3 Å². The van der Waals surface area contributed by atoms with Gasteiger partial charge in [-0.2, -0.15) is 13.2 Å². The Morgan fingerprint density at radius 3 is 2.38 bits per heavy atom. The number of alkyl halides is 3. The third-order valence-corrected chi connectivity index (χ3v) is 16.5. The highest BCUT2D eigenvalue weighted by Gasteiger charge is 2.63. The predicted octanol–water partition coefficient (Wildman–Crippen LogP) is 6.42. The number of fused-ring (bicyclic) bond motifs is 3. The molecular weight excluding hydrogens is 922 g/mol. The molecule has 16 nitrogen and oxygen atoms in total. The number of alkyl carbamates (subject to hydrolysis) is 1. The van der Waals surface area contributed by atoms with Crippen LogP contribution in [0.1, 0.15) is 79.6 Å². The van der Waals surface area contributed by atoms with E-state index in [0.29, 0.717) is 76.0 Å². The fourth-order valence-corrected chi connectivity index (χ4v) is 10.7. The number of sulfonamides is 1. The molecule has 8 rings (SSSR count). The van der Waals surface area contributed by atoms with E-state index in [0.717, 1.165) is 29.7 Å². The Kier molecular flexibility index (Phi) is 13.7. The minimum atomic E-state index is -4.93. The summed E-state index contributed by atoms with van der Waals surface area (Å²) in [5, 5.41) is 6.57. The number of benzene rings is 2. The summed E-state index contributed by atoms with van der Waals surface area (Å²) < 4.78 is 92.2. The maximum atomic E-state index is 15.1. The van der Waals surface area contributed by atoms with Crippen LogP contribution in [0.3, 0.4) is 0 Å². The molecule has 7 atom stereocenters. The number of anilines is 1.